The molecule has 0 saturated carbocycles. The van der Waals surface area contributed by atoms with Crippen LogP contribution in [0.25, 0.3) is 0 Å². The van der Waals surface area contributed by atoms with Crippen LogP contribution < -0.4 is 5.32 Å². The first-order valence-electron chi connectivity index (χ1n) is 6.51. The van der Waals surface area contributed by atoms with Gasteiger partial charge < -0.3 is 9.88 Å². The van der Waals surface area contributed by atoms with Crippen molar-refractivity contribution in [1.29, 1.82) is 0 Å². The second-order valence-electron chi connectivity index (χ2n) is 5.14. The van der Waals surface area contributed by atoms with Crippen LogP contribution in [0.2, 0.25) is 0 Å². The van der Waals surface area contributed by atoms with Gasteiger partial charge in [-0.3, -0.25) is 0 Å². The molecule has 0 amide bonds. The van der Waals surface area contributed by atoms with Crippen LogP contribution in [0, 0.1) is 12.8 Å². The third kappa shape index (κ3) is 4.16. The number of imidazole rings is 1. The molecular formula is C14H20BrN3S. The Bertz CT molecular complexity index is 531. The molecule has 0 spiro atoms. The van der Waals surface area contributed by atoms with Crippen molar-refractivity contribution in [3.63, 3.8) is 0 Å². The third-order valence-corrected chi connectivity index (χ3v) is 4.61. The van der Waals surface area contributed by atoms with Gasteiger partial charge in [0.25, 0.3) is 0 Å². The summed E-state index contributed by atoms with van der Waals surface area (Å²) in [6, 6.07) is 2.18. The van der Waals surface area contributed by atoms with Crippen LogP contribution in [-0.2, 0) is 13.1 Å². The van der Waals surface area contributed by atoms with Crippen LogP contribution in [0.3, 0.4) is 0 Å². The van der Waals surface area contributed by atoms with Gasteiger partial charge in [0, 0.05) is 27.5 Å². The van der Waals surface area contributed by atoms with Crippen LogP contribution in [0.1, 0.15) is 30.2 Å². The lowest BCUT2D eigenvalue weighted by atomic mass is 10.2. The quantitative estimate of drug-likeness (QED) is 0.865. The molecule has 0 radical (unpaired) electrons. The lowest BCUT2D eigenvalue weighted by molar-refractivity contribution is 0.538. The number of nitrogens with zero attached hydrogens (tertiary/aromatic N) is 2. The summed E-state index contributed by atoms with van der Waals surface area (Å²) in [4.78, 5) is 5.78. The molecule has 0 bridgehead atoms. The summed E-state index contributed by atoms with van der Waals surface area (Å²) in [6.45, 7) is 9.33. The minimum absolute atomic E-state index is 0.672. The molecule has 0 unspecified atom stereocenters. The van der Waals surface area contributed by atoms with Crippen LogP contribution in [0.4, 0.5) is 0 Å². The van der Waals surface area contributed by atoms with E-state index in [9.17, 15) is 0 Å². The van der Waals surface area contributed by atoms with Gasteiger partial charge in [-0.25, -0.2) is 4.98 Å². The maximum absolute atomic E-state index is 4.43. The summed E-state index contributed by atoms with van der Waals surface area (Å²) in [5, 5.41) is 5.60. The maximum Gasteiger partial charge on any atom is 0.106 e. The molecule has 3 nitrogen and oxygen atoms in total. The molecule has 104 valence electrons. The zero-order valence-corrected chi connectivity index (χ0v) is 14.0. The SMILES string of the molecule is Cc1ncc(CNCC(C)C)n1Cc1cc(Br)cs1. The summed E-state index contributed by atoms with van der Waals surface area (Å²) in [6.07, 6.45) is 1.98. The molecule has 0 fully saturated rings. The van der Waals surface area contributed by atoms with Crippen molar-refractivity contribution in [3.8, 4) is 0 Å². The Morgan fingerprint density at radius 2 is 2.26 bits per heavy atom. The molecule has 2 rings (SSSR count). The molecule has 0 aliphatic heterocycles. The van der Waals surface area contributed by atoms with E-state index < -0.39 is 0 Å². The fourth-order valence-electron chi connectivity index (χ4n) is 1.95. The number of halogens is 1. The summed E-state index contributed by atoms with van der Waals surface area (Å²) in [7, 11) is 0. The number of nitrogens with one attached hydrogen (secondary N) is 1. The Labute approximate surface area is 127 Å². The van der Waals surface area contributed by atoms with Gasteiger partial charge in [-0.2, -0.15) is 0 Å². The number of aryl methyl sites for hydroxylation is 1. The number of aromatic nitrogens is 2. The standard InChI is InChI=1S/C14H20BrN3S/c1-10(2)5-16-6-13-7-17-11(3)18(13)8-14-4-12(15)9-19-14/h4,7,9-10,16H,5-6,8H2,1-3H3. The summed E-state index contributed by atoms with van der Waals surface area (Å²) in [5.74, 6) is 1.75. The summed E-state index contributed by atoms with van der Waals surface area (Å²) >= 11 is 5.28. The zero-order chi connectivity index (χ0) is 13.8. The minimum Gasteiger partial charge on any atom is -0.326 e. The second kappa shape index (κ2) is 6.68. The van der Waals surface area contributed by atoms with Gasteiger partial charge in [0.15, 0.2) is 0 Å². The van der Waals surface area contributed by atoms with Gasteiger partial charge in [0.2, 0.25) is 0 Å². The van der Waals surface area contributed by atoms with E-state index >= 15 is 0 Å². The Balaban J connectivity index is 2.05. The highest BCUT2D eigenvalue weighted by Gasteiger charge is 2.08. The van der Waals surface area contributed by atoms with E-state index in [1.54, 1.807) is 11.3 Å². The number of rotatable bonds is 6. The maximum atomic E-state index is 4.43. The van der Waals surface area contributed by atoms with E-state index in [1.165, 1.54) is 10.6 Å². The normalized spacial score (nSPS) is 11.4. The van der Waals surface area contributed by atoms with Gasteiger partial charge in [0.05, 0.1) is 12.2 Å². The molecular weight excluding hydrogens is 322 g/mol. The number of hydrogen-bond acceptors (Lipinski definition) is 3. The monoisotopic (exact) mass is 341 g/mol. The average Bonchev–Trinajstić information content (AvgIpc) is 2.89. The molecule has 0 aliphatic carbocycles. The van der Waals surface area contributed by atoms with E-state index in [-0.39, 0.29) is 0 Å². The van der Waals surface area contributed by atoms with E-state index in [4.69, 9.17) is 0 Å². The molecule has 0 atom stereocenters. The van der Waals surface area contributed by atoms with Crippen LogP contribution in [-0.4, -0.2) is 16.1 Å². The van der Waals surface area contributed by atoms with Crippen molar-refractivity contribution < 1.29 is 0 Å². The van der Waals surface area contributed by atoms with E-state index in [0.717, 1.165) is 29.9 Å². The molecule has 0 aromatic carbocycles. The highest BCUT2D eigenvalue weighted by Crippen LogP contribution is 2.21. The second-order valence-corrected chi connectivity index (χ2v) is 7.05. The Morgan fingerprint density at radius 3 is 2.89 bits per heavy atom. The fraction of sp³-hybridized carbons (Fsp3) is 0.500. The lowest BCUT2D eigenvalue weighted by Gasteiger charge is -2.11. The van der Waals surface area contributed by atoms with E-state index in [1.807, 2.05) is 6.20 Å². The highest BCUT2D eigenvalue weighted by molar-refractivity contribution is 9.10. The first-order chi connectivity index (χ1) is 9.06. The Kier molecular flexibility index (Phi) is 5.19. The van der Waals surface area contributed by atoms with E-state index in [2.05, 4.69) is 63.0 Å². The topological polar surface area (TPSA) is 29.9 Å². The molecule has 0 saturated heterocycles. The van der Waals surface area contributed by atoms with Gasteiger partial charge in [-0.05, 0) is 41.4 Å². The highest BCUT2D eigenvalue weighted by atomic mass is 79.9. The zero-order valence-electron chi connectivity index (χ0n) is 11.6. The molecule has 0 aliphatic rings. The van der Waals surface area contributed by atoms with Gasteiger partial charge in [-0.1, -0.05) is 13.8 Å². The Morgan fingerprint density at radius 1 is 1.47 bits per heavy atom. The van der Waals surface area contributed by atoms with Crippen molar-refractivity contribution in [2.75, 3.05) is 6.54 Å². The average molecular weight is 342 g/mol. The van der Waals surface area contributed by atoms with Gasteiger partial charge >= 0.3 is 0 Å². The predicted molar refractivity (Wildman–Crippen MR) is 84.6 cm³/mol. The fourth-order valence-corrected chi connectivity index (χ4v) is 3.39. The van der Waals surface area contributed by atoms with Crippen molar-refractivity contribution in [2.24, 2.45) is 5.92 Å². The minimum atomic E-state index is 0.672. The Hall–Kier alpha value is -0.650. The summed E-state index contributed by atoms with van der Waals surface area (Å²) < 4.78 is 3.44. The first kappa shape index (κ1) is 14.8. The lowest BCUT2D eigenvalue weighted by Crippen LogP contribution is -2.21. The molecule has 5 heteroatoms. The van der Waals surface area contributed by atoms with Crippen molar-refractivity contribution >= 4 is 27.3 Å². The smallest absolute Gasteiger partial charge is 0.106 e. The van der Waals surface area contributed by atoms with Crippen molar-refractivity contribution in [3.05, 3.63) is 38.5 Å². The number of thiophene rings is 1. The molecule has 2 heterocycles. The van der Waals surface area contributed by atoms with E-state index in [0.29, 0.717) is 5.92 Å². The van der Waals surface area contributed by atoms with Gasteiger partial charge in [0.1, 0.15) is 5.82 Å². The van der Waals surface area contributed by atoms with Gasteiger partial charge in [-0.15, -0.1) is 11.3 Å². The largest absolute Gasteiger partial charge is 0.326 e. The van der Waals surface area contributed by atoms with Crippen molar-refractivity contribution in [1.82, 2.24) is 14.9 Å². The molecule has 2 aromatic rings. The summed E-state index contributed by atoms with van der Waals surface area (Å²) in [5.41, 5.74) is 1.25. The van der Waals surface area contributed by atoms with Crippen LogP contribution in [0.5, 0.6) is 0 Å². The molecule has 2 aromatic heterocycles. The predicted octanol–water partition coefficient (Wildman–Crippen LogP) is 3.81. The third-order valence-electron chi connectivity index (χ3n) is 2.93. The molecule has 1 N–H and O–H groups in total. The number of hydrogen-bond donors (Lipinski definition) is 1. The van der Waals surface area contributed by atoms with Crippen LogP contribution in [0.15, 0.2) is 22.1 Å². The first-order valence-corrected chi connectivity index (χ1v) is 8.18. The van der Waals surface area contributed by atoms with Crippen LogP contribution >= 0.6 is 27.3 Å². The van der Waals surface area contributed by atoms with Crippen molar-refractivity contribution in [2.45, 2.75) is 33.9 Å². The molecule has 19 heavy (non-hydrogen) atoms.